The summed E-state index contributed by atoms with van der Waals surface area (Å²) in [4.78, 5) is 25.9. The molecule has 2 N–H and O–H groups in total. The van der Waals surface area contributed by atoms with Gasteiger partial charge in [0.15, 0.2) is 0 Å². The summed E-state index contributed by atoms with van der Waals surface area (Å²) >= 11 is 0. The molecular weight excluding hydrogens is 394 g/mol. The molecule has 2 fully saturated rings. The lowest BCUT2D eigenvalue weighted by atomic mass is 10.2. The number of aromatic nitrogens is 2. The van der Waals surface area contributed by atoms with Crippen molar-refractivity contribution in [2.45, 2.75) is 25.2 Å². The second-order valence-electron chi connectivity index (χ2n) is 8.39. The largest absolute Gasteiger partial charge is 0.383 e. The molecule has 1 aromatic carbocycles. The van der Waals surface area contributed by atoms with Crippen LogP contribution < -0.4 is 15.1 Å². The van der Waals surface area contributed by atoms with Gasteiger partial charge >= 0.3 is 0 Å². The van der Waals surface area contributed by atoms with Crippen LogP contribution in [0.2, 0.25) is 0 Å². The van der Waals surface area contributed by atoms with E-state index < -0.39 is 0 Å². The van der Waals surface area contributed by atoms with Crippen molar-refractivity contribution in [2.24, 2.45) is 0 Å². The third-order valence-electron chi connectivity index (χ3n) is 6.02. The van der Waals surface area contributed by atoms with Crippen LogP contribution in [0.3, 0.4) is 0 Å². The Morgan fingerprint density at radius 1 is 1.23 bits per heavy atom. The first kappa shape index (κ1) is 21.9. The summed E-state index contributed by atoms with van der Waals surface area (Å²) in [6, 6.07) is 8.13. The van der Waals surface area contributed by atoms with Gasteiger partial charge in [0.1, 0.15) is 24.7 Å². The highest BCUT2D eigenvalue weighted by Gasteiger charge is 2.28. The molecule has 1 saturated carbocycles. The van der Waals surface area contributed by atoms with Gasteiger partial charge in [-0.1, -0.05) is 12.1 Å². The molecule has 4 rings (SSSR count). The quantitative estimate of drug-likeness (QED) is 0.539. The molecule has 1 aliphatic carbocycles. The van der Waals surface area contributed by atoms with Gasteiger partial charge in [-0.05, 0) is 25.0 Å². The van der Waals surface area contributed by atoms with Crippen molar-refractivity contribution in [2.75, 3.05) is 71.1 Å². The summed E-state index contributed by atoms with van der Waals surface area (Å²) in [7, 11) is 1.70. The number of amides is 1. The standard InChI is InChI=1S/C23H33N5O3/c1-30-15-14-28(10-8-21(29)24-9-11-27-12-16-31-17-13-27)23-19-4-2-3-5-20(19)25-22(26-23)18-6-7-18/h2-5,18H,6-17H2,1H3,(H,24,29)/p+1. The van der Waals surface area contributed by atoms with Crippen molar-refractivity contribution in [3.8, 4) is 0 Å². The number of quaternary nitrogens is 1. The van der Waals surface area contributed by atoms with Crippen LogP contribution in [0.15, 0.2) is 24.3 Å². The van der Waals surface area contributed by atoms with Crippen molar-refractivity contribution < 1.29 is 19.2 Å². The Kier molecular flexibility index (Phi) is 7.66. The molecule has 8 heteroatoms. The van der Waals surface area contributed by atoms with Crippen LogP contribution in [0.4, 0.5) is 5.82 Å². The van der Waals surface area contributed by atoms with E-state index >= 15 is 0 Å². The Balaban J connectivity index is 1.39. The Bertz CT molecular complexity index is 867. The predicted molar refractivity (Wildman–Crippen MR) is 120 cm³/mol. The van der Waals surface area contributed by atoms with Gasteiger partial charge in [0.05, 0.1) is 38.4 Å². The summed E-state index contributed by atoms with van der Waals surface area (Å²) in [5.74, 6) is 2.39. The van der Waals surface area contributed by atoms with E-state index in [1.165, 1.54) is 4.90 Å². The summed E-state index contributed by atoms with van der Waals surface area (Å²) in [6.07, 6.45) is 2.74. The average Bonchev–Trinajstić information content (AvgIpc) is 3.65. The molecule has 2 heterocycles. The molecule has 0 radical (unpaired) electrons. The minimum Gasteiger partial charge on any atom is -0.383 e. The SMILES string of the molecule is COCCN(CCC(=O)NCC[NH+]1CCOCC1)c1nc(C2CC2)nc2ccccc12. The van der Waals surface area contributed by atoms with Gasteiger partial charge in [-0.3, -0.25) is 4.79 Å². The zero-order valence-electron chi connectivity index (χ0n) is 18.4. The zero-order chi connectivity index (χ0) is 21.5. The van der Waals surface area contributed by atoms with E-state index in [1.807, 2.05) is 18.2 Å². The molecule has 1 amide bonds. The summed E-state index contributed by atoms with van der Waals surface area (Å²) < 4.78 is 10.7. The summed E-state index contributed by atoms with van der Waals surface area (Å²) in [6.45, 7) is 7.19. The predicted octanol–water partition coefficient (Wildman–Crippen LogP) is 0.381. The van der Waals surface area contributed by atoms with Gasteiger partial charge in [0.2, 0.25) is 5.91 Å². The van der Waals surface area contributed by atoms with E-state index in [0.29, 0.717) is 38.6 Å². The highest BCUT2D eigenvalue weighted by molar-refractivity contribution is 5.89. The smallest absolute Gasteiger partial charge is 0.221 e. The van der Waals surface area contributed by atoms with E-state index in [-0.39, 0.29) is 5.91 Å². The number of nitrogens with one attached hydrogen (secondary N) is 2. The lowest BCUT2D eigenvalue weighted by molar-refractivity contribution is -0.906. The van der Waals surface area contributed by atoms with E-state index in [9.17, 15) is 4.79 Å². The highest BCUT2D eigenvalue weighted by Crippen LogP contribution is 2.39. The van der Waals surface area contributed by atoms with Gasteiger partial charge in [0, 0.05) is 37.9 Å². The fourth-order valence-electron chi connectivity index (χ4n) is 3.98. The van der Waals surface area contributed by atoms with Crippen molar-refractivity contribution in [3.05, 3.63) is 30.1 Å². The number of carbonyl (C=O) groups excluding carboxylic acids is 1. The monoisotopic (exact) mass is 428 g/mol. The Morgan fingerprint density at radius 3 is 2.81 bits per heavy atom. The first-order chi connectivity index (χ1) is 15.2. The number of rotatable bonds is 11. The van der Waals surface area contributed by atoms with Crippen LogP contribution in [0, 0.1) is 0 Å². The number of morpholine rings is 1. The Hall–Kier alpha value is -2.29. The maximum Gasteiger partial charge on any atom is 0.221 e. The molecule has 8 nitrogen and oxygen atoms in total. The number of para-hydroxylation sites is 1. The molecule has 1 saturated heterocycles. The van der Waals surface area contributed by atoms with Gasteiger partial charge in [0.25, 0.3) is 0 Å². The molecule has 0 atom stereocenters. The molecule has 0 spiro atoms. The van der Waals surface area contributed by atoms with Crippen molar-refractivity contribution in [1.82, 2.24) is 15.3 Å². The van der Waals surface area contributed by atoms with Gasteiger partial charge < -0.3 is 24.6 Å². The van der Waals surface area contributed by atoms with E-state index in [2.05, 4.69) is 16.3 Å². The molecule has 2 aliphatic rings. The number of hydrogen-bond acceptors (Lipinski definition) is 6. The minimum atomic E-state index is 0.0795. The number of nitrogens with zero attached hydrogens (tertiary/aromatic N) is 3. The molecular formula is C23H34N5O3+. The number of hydrogen-bond donors (Lipinski definition) is 2. The third-order valence-corrected chi connectivity index (χ3v) is 6.02. The molecule has 0 unspecified atom stereocenters. The van der Waals surface area contributed by atoms with Crippen molar-refractivity contribution in [3.63, 3.8) is 0 Å². The third kappa shape index (κ3) is 6.12. The number of anilines is 1. The van der Waals surface area contributed by atoms with Gasteiger partial charge in [-0.25, -0.2) is 9.97 Å². The molecule has 1 aromatic heterocycles. The molecule has 2 aromatic rings. The number of ether oxygens (including phenoxy) is 2. The number of carbonyl (C=O) groups is 1. The fourth-order valence-corrected chi connectivity index (χ4v) is 3.98. The van der Waals surface area contributed by atoms with Crippen LogP contribution in [0.25, 0.3) is 10.9 Å². The summed E-state index contributed by atoms with van der Waals surface area (Å²) in [5.41, 5.74) is 0.967. The van der Waals surface area contributed by atoms with Crippen molar-refractivity contribution in [1.29, 1.82) is 0 Å². The van der Waals surface area contributed by atoms with Crippen LogP contribution in [-0.4, -0.2) is 82.1 Å². The normalized spacial score (nSPS) is 17.1. The Labute approximate surface area is 183 Å². The highest BCUT2D eigenvalue weighted by atomic mass is 16.5. The number of benzene rings is 1. The van der Waals surface area contributed by atoms with E-state index in [0.717, 1.165) is 68.2 Å². The molecule has 1 aliphatic heterocycles. The molecule has 168 valence electrons. The molecule has 31 heavy (non-hydrogen) atoms. The van der Waals surface area contributed by atoms with Gasteiger partial charge in [-0.15, -0.1) is 0 Å². The second-order valence-corrected chi connectivity index (χ2v) is 8.39. The summed E-state index contributed by atoms with van der Waals surface area (Å²) in [5, 5.41) is 4.11. The second kappa shape index (κ2) is 10.8. The average molecular weight is 429 g/mol. The maximum atomic E-state index is 12.5. The number of fused-ring (bicyclic) bond motifs is 1. The first-order valence-electron chi connectivity index (χ1n) is 11.4. The number of methoxy groups -OCH3 is 1. The first-order valence-corrected chi connectivity index (χ1v) is 11.4. The minimum absolute atomic E-state index is 0.0795. The molecule has 0 bridgehead atoms. The topological polar surface area (TPSA) is 81.0 Å². The van der Waals surface area contributed by atoms with Crippen LogP contribution in [0.5, 0.6) is 0 Å². The fraction of sp³-hybridized carbons (Fsp3) is 0.609. The van der Waals surface area contributed by atoms with Crippen molar-refractivity contribution >= 4 is 22.6 Å². The van der Waals surface area contributed by atoms with E-state index in [4.69, 9.17) is 19.4 Å². The van der Waals surface area contributed by atoms with Gasteiger partial charge in [-0.2, -0.15) is 0 Å². The Morgan fingerprint density at radius 2 is 2.03 bits per heavy atom. The van der Waals surface area contributed by atoms with E-state index in [1.54, 1.807) is 7.11 Å². The van der Waals surface area contributed by atoms with Crippen LogP contribution >= 0.6 is 0 Å². The maximum absolute atomic E-state index is 12.5. The van der Waals surface area contributed by atoms with Crippen LogP contribution in [-0.2, 0) is 14.3 Å². The zero-order valence-corrected chi connectivity index (χ0v) is 18.4. The lowest BCUT2D eigenvalue weighted by Crippen LogP contribution is -3.14. The van der Waals surface area contributed by atoms with Crippen LogP contribution in [0.1, 0.15) is 31.0 Å². The lowest BCUT2D eigenvalue weighted by Gasteiger charge is -2.25.